The second-order valence-electron chi connectivity index (χ2n) is 9.56. The molecule has 2 aromatic heterocycles. The number of benzene rings is 1. The van der Waals surface area contributed by atoms with Crippen LogP contribution in [0.1, 0.15) is 69.4 Å². The van der Waals surface area contributed by atoms with Gasteiger partial charge in [0.1, 0.15) is 5.60 Å². The van der Waals surface area contributed by atoms with Gasteiger partial charge in [0, 0.05) is 22.2 Å². The van der Waals surface area contributed by atoms with Crippen LogP contribution in [0.5, 0.6) is 0 Å². The summed E-state index contributed by atoms with van der Waals surface area (Å²) in [5.41, 5.74) is 6.38. The van der Waals surface area contributed by atoms with Crippen LogP contribution in [0.4, 0.5) is 5.69 Å². The Balaban J connectivity index is 1.83. The van der Waals surface area contributed by atoms with E-state index in [1.165, 1.54) is 5.56 Å². The summed E-state index contributed by atoms with van der Waals surface area (Å²) in [7, 11) is 0. The van der Waals surface area contributed by atoms with Crippen molar-refractivity contribution in [3.63, 3.8) is 0 Å². The lowest BCUT2D eigenvalue weighted by Gasteiger charge is -2.22. The van der Waals surface area contributed by atoms with E-state index in [2.05, 4.69) is 12.2 Å². The number of hydrogen-bond acceptors (Lipinski definition) is 5. The van der Waals surface area contributed by atoms with Crippen LogP contribution in [-0.2, 0) is 17.7 Å². The second kappa shape index (κ2) is 8.54. The predicted molar refractivity (Wildman–Crippen MR) is 137 cm³/mol. The van der Waals surface area contributed by atoms with Crippen LogP contribution in [0.25, 0.3) is 22.3 Å². The van der Waals surface area contributed by atoms with Crippen LogP contribution in [0.3, 0.4) is 0 Å². The summed E-state index contributed by atoms with van der Waals surface area (Å²) >= 11 is 5.36. The van der Waals surface area contributed by atoms with Crippen LogP contribution in [-0.4, -0.2) is 25.4 Å². The maximum absolute atomic E-state index is 13.1. The molecule has 2 N–H and O–H groups in total. The summed E-state index contributed by atoms with van der Waals surface area (Å²) in [4.78, 5) is 18.1. The molecule has 0 aliphatic carbocycles. The molecule has 1 atom stereocenters. The molecule has 0 saturated heterocycles. The molecular weight excluding hydrogens is 434 g/mol. The van der Waals surface area contributed by atoms with Gasteiger partial charge in [-0.05, 0) is 88.1 Å². The number of thiocarbonyl (C=S) groups is 1. The van der Waals surface area contributed by atoms with Crippen LogP contribution in [0, 0.1) is 6.92 Å². The van der Waals surface area contributed by atoms with Gasteiger partial charge in [-0.1, -0.05) is 13.8 Å². The molecule has 0 amide bonds. The quantitative estimate of drug-likeness (QED) is 0.401. The number of nitrogens with zero attached hydrogens (tertiary/aromatic N) is 2. The van der Waals surface area contributed by atoms with Gasteiger partial charge < -0.3 is 19.7 Å². The van der Waals surface area contributed by atoms with Gasteiger partial charge >= 0.3 is 0 Å². The molecule has 0 radical (unpaired) electrons. The summed E-state index contributed by atoms with van der Waals surface area (Å²) < 4.78 is 7.52. The minimum absolute atomic E-state index is 0.0638. The SMILES string of the molecule is CCc1c2c(nc3ccc(NC(=S)OC(C)(C)C)cc13)-c1cc(C(O)CC)c(C)c(=O)n1C2. The number of aromatic nitrogens is 2. The molecule has 0 saturated carbocycles. The Morgan fingerprint density at radius 1 is 1.30 bits per heavy atom. The number of rotatable bonds is 4. The topological polar surface area (TPSA) is 76.4 Å². The van der Waals surface area contributed by atoms with E-state index < -0.39 is 6.10 Å². The zero-order valence-electron chi connectivity index (χ0n) is 20.1. The molecule has 1 aromatic carbocycles. The molecule has 0 fully saturated rings. The first-order valence-corrected chi connectivity index (χ1v) is 11.8. The third-order valence-electron chi connectivity index (χ3n) is 6.09. The van der Waals surface area contributed by atoms with Crippen molar-refractivity contribution in [1.29, 1.82) is 0 Å². The number of anilines is 1. The number of aryl methyl sites for hydroxylation is 1. The highest BCUT2D eigenvalue weighted by Gasteiger charge is 2.28. The Morgan fingerprint density at radius 3 is 2.67 bits per heavy atom. The van der Waals surface area contributed by atoms with Crippen LogP contribution in [0.15, 0.2) is 29.1 Å². The van der Waals surface area contributed by atoms with E-state index in [0.717, 1.165) is 40.0 Å². The number of pyridine rings is 2. The van der Waals surface area contributed by atoms with E-state index in [1.807, 2.05) is 52.0 Å². The molecule has 6 nitrogen and oxygen atoms in total. The first-order valence-electron chi connectivity index (χ1n) is 11.4. The highest BCUT2D eigenvalue weighted by molar-refractivity contribution is 7.80. The van der Waals surface area contributed by atoms with Crippen LogP contribution >= 0.6 is 12.2 Å². The zero-order valence-corrected chi connectivity index (χ0v) is 20.9. The minimum atomic E-state index is -0.661. The minimum Gasteiger partial charge on any atom is -0.465 e. The molecular formula is C26H31N3O3S. The van der Waals surface area contributed by atoms with Crippen LogP contribution in [0.2, 0.25) is 0 Å². The summed E-state index contributed by atoms with van der Waals surface area (Å²) in [5, 5.41) is 15.0. The smallest absolute Gasteiger partial charge is 0.261 e. The number of hydrogen-bond donors (Lipinski definition) is 2. The fourth-order valence-electron chi connectivity index (χ4n) is 4.50. The monoisotopic (exact) mass is 465 g/mol. The summed E-state index contributed by atoms with van der Waals surface area (Å²) in [5.74, 6) is 0. The molecule has 33 heavy (non-hydrogen) atoms. The van der Waals surface area contributed by atoms with Crippen molar-refractivity contribution in [1.82, 2.24) is 9.55 Å². The number of aliphatic hydroxyl groups excluding tert-OH is 1. The first-order chi connectivity index (χ1) is 15.5. The third kappa shape index (κ3) is 4.27. The van der Waals surface area contributed by atoms with Crippen molar-refractivity contribution >= 4 is 34.0 Å². The van der Waals surface area contributed by atoms with Crippen molar-refractivity contribution in [2.24, 2.45) is 0 Å². The van der Waals surface area contributed by atoms with Crippen molar-refractivity contribution in [3.05, 3.63) is 56.9 Å². The molecule has 0 bridgehead atoms. The molecule has 4 rings (SSSR count). The van der Waals surface area contributed by atoms with Gasteiger partial charge in [-0.15, -0.1) is 0 Å². The Labute approximate surface area is 199 Å². The lowest BCUT2D eigenvalue weighted by Crippen LogP contribution is -2.27. The number of ether oxygens (including phenoxy) is 1. The van der Waals surface area contributed by atoms with Gasteiger partial charge in [0.2, 0.25) is 0 Å². The molecule has 1 aliphatic heterocycles. The maximum atomic E-state index is 13.1. The van der Waals surface area contributed by atoms with Gasteiger partial charge in [-0.3, -0.25) is 4.79 Å². The van der Waals surface area contributed by atoms with E-state index in [9.17, 15) is 9.90 Å². The summed E-state index contributed by atoms with van der Waals surface area (Å²) in [6.07, 6.45) is 0.699. The Kier molecular flexibility index (Phi) is 6.05. The van der Waals surface area contributed by atoms with E-state index >= 15 is 0 Å². The lowest BCUT2D eigenvalue weighted by atomic mass is 9.97. The number of fused-ring (bicyclic) bond motifs is 4. The number of nitrogens with one attached hydrogen (secondary N) is 1. The summed E-state index contributed by atoms with van der Waals surface area (Å²) in [6.45, 7) is 12.2. The van der Waals surface area contributed by atoms with E-state index in [1.54, 1.807) is 11.5 Å². The predicted octanol–water partition coefficient (Wildman–Crippen LogP) is 5.25. The summed E-state index contributed by atoms with van der Waals surface area (Å²) in [6, 6.07) is 7.88. The van der Waals surface area contributed by atoms with E-state index in [4.69, 9.17) is 21.9 Å². The molecule has 1 unspecified atom stereocenters. The molecule has 7 heteroatoms. The second-order valence-corrected chi connectivity index (χ2v) is 9.93. The normalized spacial score (nSPS) is 13.5. The first kappa shape index (κ1) is 23.4. The lowest BCUT2D eigenvalue weighted by molar-refractivity contribution is 0.121. The van der Waals surface area contributed by atoms with Crippen molar-refractivity contribution in [3.8, 4) is 11.4 Å². The molecule has 3 heterocycles. The molecule has 1 aliphatic rings. The highest BCUT2D eigenvalue weighted by atomic mass is 32.1. The van der Waals surface area contributed by atoms with Crippen molar-refractivity contribution in [2.75, 3.05) is 5.32 Å². The Bertz CT molecular complexity index is 1320. The van der Waals surface area contributed by atoms with Gasteiger partial charge in [0.15, 0.2) is 0 Å². The largest absolute Gasteiger partial charge is 0.465 e. The Morgan fingerprint density at radius 2 is 2.03 bits per heavy atom. The van der Waals surface area contributed by atoms with Gasteiger partial charge in [-0.25, -0.2) is 4.98 Å². The van der Waals surface area contributed by atoms with Crippen molar-refractivity contribution in [2.45, 2.75) is 72.6 Å². The average molecular weight is 466 g/mol. The Hall–Kier alpha value is -2.77. The zero-order chi connectivity index (χ0) is 24.1. The molecule has 174 valence electrons. The van der Waals surface area contributed by atoms with E-state index in [0.29, 0.717) is 29.3 Å². The third-order valence-corrected chi connectivity index (χ3v) is 6.27. The van der Waals surface area contributed by atoms with E-state index in [-0.39, 0.29) is 11.2 Å². The van der Waals surface area contributed by atoms with Crippen molar-refractivity contribution < 1.29 is 9.84 Å². The van der Waals surface area contributed by atoms with Crippen LogP contribution < -0.4 is 10.9 Å². The van der Waals surface area contributed by atoms with Gasteiger partial charge in [0.25, 0.3) is 10.7 Å². The fourth-order valence-corrected chi connectivity index (χ4v) is 4.87. The van der Waals surface area contributed by atoms with Gasteiger partial charge in [-0.2, -0.15) is 0 Å². The standard InChI is InChI=1S/C26H31N3O3S/c1-7-16-18-11-15(27-25(33)32-26(4,5)6)9-10-20(18)28-23-19(16)13-29-21(23)12-17(22(30)8-2)14(3)24(29)31/h9-12,22,30H,7-8,13H2,1-6H3,(H,27,33). The highest BCUT2D eigenvalue weighted by Crippen LogP contribution is 2.37. The fraction of sp³-hybridized carbons (Fsp3) is 0.423. The number of aliphatic hydroxyl groups is 1. The molecule has 3 aromatic rings. The van der Waals surface area contributed by atoms with Gasteiger partial charge in [0.05, 0.1) is 29.6 Å². The molecule has 0 spiro atoms. The average Bonchev–Trinajstić information content (AvgIpc) is 3.11. The maximum Gasteiger partial charge on any atom is 0.261 e.